The van der Waals surface area contributed by atoms with Crippen LogP contribution >= 0.6 is 0 Å². The summed E-state index contributed by atoms with van der Waals surface area (Å²) in [4.78, 5) is 13.9. The van der Waals surface area contributed by atoms with Gasteiger partial charge in [-0.1, -0.05) is 13.8 Å². The second-order valence-electron chi connectivity index (χ2n) is 5.02. The summed E-state index contributed by atoms with van der Waals surface area (Å²) in [5.41, 5.74) is 0. The first kappa shape index (κ1) is 15.4. The van der Waals surface area contributed by atoms with Crippen molar-refractivity contribution in [3.8, 4) is 0 Å². The Kier molecular flexibility index (Phi) is 7.96. The third-order valence-corrected chi connectivity index (χ3v) is 2.99. The van der Waals surface area contributed by atoms with Crippen molar-refractivity contribution in [3.05, 3.63) is 0 Å². The lowest BCUT2D eigenvalue weighted by atomic mass is 10.2. The third-order valence-electron chi connectivity index (χ3n) is 2.99. The van der Waals surface area contributed by atoms with E-state index in [1.165, 1.54) is 0 Å². The van der Waals surface area contributed by atoms with Crippen molar-refractivity contribution < 1.29 is 9.53 Å². The Morgan fingerprint density at radius 1 is 1.28 bits per heavy atom. The van der Waals surface area contributed by atoms with Crippen LogP contribution in [-0.4, -0.2) is 62.8 Å². The fraction of sp³-hybridized carbons (Fsp3) is 0.923. The number of amides is 1. The molecule has 0 unspecified atom stereocenters. The molecule has 1 saturated heterocycles. The van der Waals surface area contributed by atoms with Crippen molar-refractivity contribution in [3.63, 3.8) is 0 Å². The number of ether oxygens (including phenoxy) is 1. The zero-order valence-corrected chi connectivity index (χ0v) is 11.7. The molecule has 1 fully saturated rings. The number of hydrogen-bond acceptors (Lipinski definition) is 4. The van der Waals surface area contributed by atoms with Crippen LogP contribution in [0.25, 0.3) is 0 Å². The molecule has 0 radical (unpaired) electrons. The quantitative estimate of drug-likeness (QED) is 0.611. The molecule has 0 bridgehead atoms. The van der Waals surface area contributed by atoms with E-state index in [1.54, 1.807) is 0 Å². The molecule has 5 heteroatoms. The number of nitrogens with zero attached hydrogens (tertiary/aromatic N) is 1. The molecule has 5 nitrogen and oxygen atoms in total. The molecular formula is C13H27N3O2. The van der Waals surface area contributed by atoms with Crippen LogP contribution in [0.2, 0.25) is 0 Å². The monoisotopic (exact) mass is 257 g/mol. The highest BCUT2D eigenvalue weighted by Gasteiger charge is 2.09. The van der Waals surface area contributed by atoms with Gasteiger partial charge in [0.2, 0.25) is 5.91 Å². The van der Waals surface area contributed by atoms with E-state index in [1.807, 2.05) is 0 Å². The summed E-state index contributed by atoms with van der Waals surface area (Å²) in [5.74, 6) is 0.161. The molecule has 1 amide bonds. The van der Waals surface area contributed by atoms with E-state index < -0.39 is 0 Å². The van der Waals surface area contributed by atoms with E-state index in [4.69, 9.17) is 4.74 Å². The van der Waals surface area contributed by atoms with Crippen molar-refractivity contribution in [1.29, 1.82) is 0 Å². The average Bonchev–Trinajstić information content (AvgIpc) is 2.36. The minimum atomic E-state index is 0.161. The van der Waals surface area contributed by atoms with Crippen LogP contribution < -0.4 is 10.6 Å². The van der Waals surface area contributed by atoms with Gasteiger partial charge in [-0.2, -0.15) is 0 Å². The first-order valence-corrected chi connectivity index (χ1v) is 6.98. The lowest BCUT2D eigenvalue weighted by Gasteiger charge is -2.26. The number of nitrogens with one attached hydrogen (secondary N) is 2. The first-order chi connectivity index (χ1) is 8.68. The lowest BCUT2D eigenvalue weighted by Crippen LogP contribution is -2.41. The summed E-state index contributed by atoms with van der Waals surface area (Å²) in [7, 11) is 0. The van der Waals surface area contributed by atoms with Crippen molar-refractivity contribution in [2.75, 3.05) is 45.9 Å². The predicted octanol–water partition coefficient (Wildman–Crippen LogP) is 0.213. The Hall–Kier alpha value is -0.650. The largest absolute Gasteiger partial charge is 0.379 e. The van der Waals surface area contributed by atoms with Crippen LogP contribution in [0.1, 0.15) is 26.7 Å². The van der Waals surface area contributed by atoms with Gasteiger partial charge in [-0.25, -0.2) is 0 Å². The lowest BCUT2D eigenvalue weighted by molar-refractivity contribution is -0.121. The van der Waals surface area contributed by atoms with E-state index in [9.17, 15) is 4.79 Å². The highest BCUT2D eigenvalue weighted by molar-refractivity contribution is 5.75. The zero-order valence-electron chi connectivity index (χ0n) is 11.7. The Balaban J connectivity index is 1.92. The van der Waals surface area contributed by atoms with Crippen LogP contribution in [0.3, 0.4) is 0 Å². The maximum Gasteiger partial charge on any atom is 0.220 e. The minimum absolute atomic E-state index is 0.161. The summed E-state index contributed by atoms with van der Waals surface area (Å²) in [6.45, 7) is 10.4. The van der Waals surface area contributed by atoms with Crippen molar-refractivity contribution in [2.24, 2.45) is 0 Å². The molecule has 0 aromatic heterocycles. The normalized spacial score (nSPS) is 17.1. The second-order valence-corrected chi connectivity index (χ2v) is 5.02. The maximum atomic E-state index is 11.5. The van der Waals surface area contributed by atoms with Crippen LogP contribution in [0, 0.1) is 0 Å². The van der Waals surface area contributed by atoms with Gasteiger partial charge in [0.25, 0.3) is 0 Å². The Morgan fingerprint density at radius 3 is 2.67 bits per heavy atom. The number of carbonyl (C=O) groups excluding carboxylic acids is 1. The van der Waals surface area contributed by atoms with Crippen LogP contribution in [0.15, 0.2) is 0 Å². The number of carbonyl (C=O) groups is 1. The van der Waals surface area contributed by atoms with E-state index in [0.717, 1.165) is 52.4 Å². The summed E-state index contributed by atoms with van der Waals surface area (Å²) >= 11 is 0. The Bertz CT molecular complexity index is 228. The fourth-order valence-corrected chi connectivity index (χ4v) is 1.91. The van der Waals surface area contributed by atoms with E-state index in [0.29, 0.717) is 12.5 Å². The molecule has 1 aliphatic heterocycles. The summed E-state index contributed by atoms with van der Waals surface area (Å²) in [6, 6.07) is 0.495. The van der Waals surface area contributed by atoms with E-state index in [-0.39, 0.29) is 5.91 Å². The third kappa shape index (κ3) is 7.63. The summed E-state index contributed by atoms with van der Waals surface area (Å²) < 4.78 is 5.28. The van der Waals surface area contributed by atoms with Gasteiger partial charge in [-0.15, -0.1) is 0 Å². The molecule has 0 aromatic rings. The summed E-state index contributed by atoms with van der Waals surface area (Å²) in [6.07, 6.45) is 1.52. The molecule has 1 rings (SSSR count). The van der Waals surface area contributed by atoms with E-state index in [2.05, 4.69) is 29.4 Å². The minimum Gasteiger partial charge on any atom is -0.379 e. The van der Waals surface area contributed by atoms with Gasteiger partial charge in [-0.3, -0.25) is 9.69 Å². The molecule has 0 saturated carbocycles. The molecule has 18 heavy (non-hydrogen) atoms. The highest BCUT2D eigenvalue weighted by Crippen LogP contribution is 1.95. The number of hydrogen-bond donors (Lipinski definition) is 2. The average molecular weight is 257 g/mol. The molecule has 0 atom stereocenters. The van der Waals surface area contributed by atoms with Crippen LogP contribution in [0.5, 0.6) is 0 Å². The van der Waals surface area contributed by atoms with Gasteiger partial charge in [0.15, 0.2) is 0 Å². The fourth-order valence-electron chi connectivity index (χ4n) is 1.91. The Morgan fingerprint density at radius 2 is 2.00 bits per heavy atom. The van der Waals surface area contributed by atoms with Crippen molar-refractivity contribution in [2.45, 2.75) is 32.7 Å². The standard InChI is InChI=1S/C13H27N3O2/c1-12(2)14-5-3-4-13(17)15-6-7-16-8-10-18-11-9-16/h12,14H,3-11H2,1-2H3,(H,15,17). The van der Waals surface area contributed by atoms with Gasteiger partial charge in [0, 0.05) is 38.6 Å². The molecule has 1 aliphatic rings. The van der Waals surface area contributed by atoms with E-state index >= 15 is 0 Å². The van der Waals surface area contributed by atoms with Gasteiger partial charge >= 0.3 is 0 Å². The molecule has 2 N–H and O–H groups in total. The highest BCUT2D eigenvalue weighted by atomic mass is 16.5. The molecule has 1 heterocycles. The topological polar surface area (TPSA) is 53.6 Å². The van der Waals surface area contributed by atoms with Gasteiger partial charge in [0.05, 0.1) is 13.2 Å². The molecule has 0 spiro atoms. The summed E-state index contributed by atoms with van der Waals surface area (Å²) in [5, 5.41) is 6.28. The van der Waals surface area contributed by atoms with Crippen molar-refractivity contribution in [1.82, 2.24) is 15.5 Å². The second kappa shape index (κ2) is 9.30. The zero-order chi connectivity index (χ0) is 13.2. The van der Waals surface area contributed by atoms with Crippen molar-refractivity contribution >= 4 is 5.91 Å². The predicted molar refractivity (Wildman–Crippen MR) is 72.6 cm³/mol. The van der Waals surface area contributed by atoms with Gasteiger partial charge < -0.3 is 15.4 Å². The molecular weight excluding hydrogens is 230 g/mol. The smallest absolute Gasteiger partial charge is 0.220 e. The molecule has 0 aliphatic carbocycles. The number of rotatable bonds is 8. The first-order valence-electron chi connectivity index (χ1n) is 6.98. The van der Waals surface area contributed by atoms with Crippen LogP contribution in [0.4, 0.5) is 0 Å². The molecule has 0 aromatic carbocycles. The Labute approximate surface area is 110 Å². The SMILES string of the molecule is CC(C)NCCCC(=O)NCCN1CCOCC1. The van der Waals surface area contributed by atoms with Crippen LogP contribution in [-0.2, 0) is 9.53 Å². The number of morpholine rings is 1. The van der Waals surface area contributed by atoms with Gasteiger partial charge in [-0.05, 0) is 13.0 Å². The van der Waals surface area contributed by atoms with Gasteiger partial charge in [0.1, 0.15) is 0 Å². The molecule has 106 valence electrons. The maximum absolute atomic E-state index is 11.5.